The number of nitrogens with zero attached hydrogens (tertiary/aromatic N) is 2. The van der Waals surface area contributed by atoms with E-state index in [4.69, 9.17) is 5.73 Å². The van der Waals surface area contributed by atoms with Crippen molar-refractivity contribution >= 4 is 11.0 Å². The van der Waals surface area contributed by atoms with Gasteiger partial charge in [-0.2, -0.15) is 0 Å². The van der Waals surface area contributed by atoms with Gasteiger partial charge in [-0.1, -0.05) is 19.9 Å². The van der Waals surface area contributed by atoms with Crippen molar-refractivity contribution < 1.29 is 0 Å². The Morgan fingerprint density at radius 1 is 1.39 bits per heavy atom. The van der Waals surface area contributed by atoms with Crippen molar-refractivity contribution in [3.8, 4) is 0 Å². The third-order valence-corrected chi connectivity index (χ3v) is 3.42. The zero-order valence-electron chi connectivity index (χ0n) is 11.4. The van der Waals surface area contributed by atoms with Gasteiger partial charge >= 0.3 is 0 Å². The molecule has 0 saturated carbocycles. The molecule has 1 heterocycles. The summed E-state index contributed by atoms with van der Waals surface area (Å²) in [6.07, 6.45) is 1.85. The van der Waals surface area contributed by atoms with Crippen LogP contribution in [0.1, 0.15) is 19.4 Å². The Balaban J connectivity index is 2.08. The van der Waals surface area contributed by atoms with E-state index in [-0.39, 0.29) is 0 Å². The summed E-state index contributed by atoms with van der Waals surface area (Å²) in [5, 5.41) is 3.50. The predicted molar refractivity (Wildman–Crippen MR) is 75.2 cm³/mol. The van der Waals surface area contributed by atoms with Gasteiger partial charge in [0, 0.05) is 26.2 Å². The van der Waals surface area contributed by atoms with Crippen LogP contribution in [0.4, 0.5) is 0 Å². The summed E-state index contributed by atoms with van der Waals surface area (Å²) >= 11 is 0. The zero-order chi connectivity index (χ0) is 13.1. The highest BCUT2D eigenvalue weighted by molar-refractivity contribution is 5.75. The molecule has 0 spiro atoms. The predicted octanol–water partition coefficient (Wildman–Crippen LogP) is 1.65. The minimum Gasteiger partial charge on any atom is -0.334 e. The molecule has 0 bridgehead atoms. The lowest BCUT2D eigenvalue weighted by Crippen LogP contribution is -2.39. The first-order valence-electron chi connectivity index (χ1n) is 6.45. The second kappa shape index (κ2) is 5.50. The minimum absolute atomic E-state index is 0.365. The lowest BCUT2D eigenvalue weighted by molar-refractivity contribution is 0.405. The first kappa shape index (κ1) is 13.1. The molecule has 1 unspecified atom stereocenters. The Kier molecular flexibility index (Phi) is 3.99. The van der Waals surface area contributed by atoms with Crippen LogP contribution in [-0.2, 0) is 13.6 Å². The van der Waals surface area contributed by atoms with E-state index in [1.165, 1.54) is 5.56 Å². The summed E-state index contributed by atoms with van der Waals surface area (Å²) in [5.41, 5.74) is 9.22. The van der Waals surface area contributed by atoms with E-state index < -0.39 is 0 Å². The summed E-state index contributed by atoms with van der Waals surface area (Å²) in [7, 11) is 2.01. The maximum Gasteiger partial charge on any atom is 0.0955 e. The Labute approximate surface area is 108 Å². The Morgan fingerprint density at radius 3 is 2.83 bits per heavy atom. The third kappa shape index (κ3) is 2.71. The van der Waals surface area contributed by atoms with Crippen LogP contribution in [0.2, 0.25) is 0 Å². The molecule has 0 aliphatic heterocycles. The fraction of sp³-hybridized carbons (Fsp3) is 0.500. The van der Waals surface area contributed by atoms with Crippen molar-refractivity contribution in [3.63, 3.8) is 0 Å². The van der Waals surface area contributed by atoms with Gasteiger partial charge in [-0.25, -0.2) is 4.98 Å². The summed E-state index contributed by atoms with van der Waals surface area (Å²) in [6, 6.07) is 6.76. The molecular weight excluding hydrogens is 224 g/mol. The molecule has 0 aliphatic rings. The van der Waals surface area contributed by atoms with E-state index in [9.17, 15) is 0 Å². The van der Waals surface area contributed by atoms with Gasteiger partial charge in [-0.15, -0.1) is 0 Å². The molecule has 1 aromatic heterocycles. The maximum atomic E-state index is 5.75. The van der Waals surface area contributed by atoms with Gasteiger partial charge < -0.3 is 15.6 Å². The number of hydrogen-bond acceptors (Lipinski definition) is 3. The molecule has 0 saturated heterocycles. The van der Waals surface area contributed by atoms with Gasteiger partial charge in [0.15, 0.2) is 0 Å². The highest BCUT2D eigenvalue weighted by atomic mass is 15.0. The minimum atomic E-state index is 0.365. The van der Waals surface area contributed by atoms with E-state index in [2.05, 4.69) is 42.3 Å². The van der Waals surface area contributed by atoms with Crippen molar-refractivity contribution in [2.24, 2.45) is 18.7 Å². The third-order valence-electron chi connectivity index (χ3n) is 3.42. The van der Waals surface area contributed by atoms with Gasteiger partial charge in [0.2, 0.25) is 0 Å². The molecular formula is C14H22N4. The molecule has 2 aromatic rings. The van der Waals surface area contributed by atoms with Crippen LogP contribution >= 0.6 is 0 Å². The SMILES string of the molecule is CC(C)C(CN)NCc1ccc2c(c1)ncn2C. The molecule has 98 valence electrons. The molecule has 0 amide bonds. The largest absolute Gasteiger partial charge is 0.334 e. The van der Waals surface area contributed by atoms with Crippen LogP contribution in [0.25, 0.3) is 11.0 Å². The summed E-state index contributed by atoms with van der Waals surface area (Å²) < 4.78 is 2.03. The van der Waals surface area contributed by atoms with Gasteiger partial charge in [0.05, 0.1) is 17.4 Å². The van der Waals surface area contributed by atoms with Crippen LogP contribution in [0.3, 0.4) is 0 Å². The monoisotopic (exact) mass is 246 g/mol. The number of rotatable bonds is 5. The van der Waals surface area contributed by atoms with Gasteiger partial charge in [-0.05, 0) is 23.6 Å². The molecule has 18 heavy (non-hydrogen) atoms. The second-order valence-corrected chi connectivity index (χ2v) is 5.15. The molecule has 3 N–H and O–H groups in total. The van der Waals surface area contributed by atoms with Crippen molar-refractivity contribution in [1.29, 1.82) is 0 Å². The quantitative estimate of drug-likeness (QED) is 0.843. The standard InChI is InChI=1S/C14H22N4/c1-10(2)13(7-15)16-8-11-4-5-14-12(6-11)17-9-18(14)3/h4-6,9-10,13,16H,7-8,15H2,1-3H3. The zero-order valence-corrected chi connectivity index (χ0v) is 11.4. The van der Waals surface area contributed by atoms with E-state index in [1.54, 1.807) is 0 Å². The van der Waals surface area contributed by atoms with E-state index in [1.807, 2.05) is 17.9 Å². The number of aromatic nitrogens is 2. The van der Waals surface area contributed by atoms with Crippen LogP contribution in [0.15, 0.2) is 24.5 Å². The Bertz CT molecular complexity index is 515. The van der Waals surface area contributed by atoms with E-state index in [0.29, 0.717) is 18.5 Å². The smallest absolute Gasteiger partial charge is 0.0955 e. The lowest BCUT2D eigenvalue weighted by Gasteiger charge is -2.20. The number of nitrogens with two attached hydrogens (primary N) is 1. The van der Waals surface area contributed by atoms with Gasteiger partial charge in [0.1, 0.15) is 0 Å². The summed E-state index contributed by atoms with van der Waals surface area (Å²) in [6.45, 7) is 5.88. The number of benzene rings is 1. The van der Waals surface area contributed by atoms with Crippen LogP contribution in [0, 0.1) is 5.92 Å². The van der Waals surface area contributed by atoms with E-state index in [0.717, 1.165) is 17.6 Å². The van der Waals surface area contributed by atoms with Crippen molar-refractivity contribution in [2.45, 2.75) is 26.4 Å². The number of nitrogens with one attached hydrogen (secondary N) is 1. The molecule has 0 aliphatic carbocycles. The summed E-state index contributed by atoms with van der Waals surface area (Å²) in [4.78, 5) is 4.37. The van der Waals surface area contributed by atoms with Crippen molar-refractivity contribution in [1.82, 2.24) is 14.9 Å². The number of hydrogen-bond donors (Lipinski definition) is 2. The van der Waals surface area contributed by atoms with E-state index >= 15 is 0 Å². The molecule has 0 radical (unpaired) electrons. The van der Waals surface area contributed by atoms with Crippen LogP contribution in [0.5, 0.6) is 0 Å². The fourth-order valence-electron chi connectivity index (χ4n) is 2.13. The van der Waals surface area contributed by atoms with Crippen LogP contribution in [-0.4, -0.2) is 22.1 Å². The topological polar surface area (TPSA) is 55.9 Å². The highest BCUT2D eigenvalue weighted by Gasteiger charge is 2.10. The molecule has 2 rings (SSSR count). The molecule has 4 heteroatoms. The summed E-state index contributed by atoms with van der Waals surface area (Å²) in [5.74, 6) is 0.550. The van der Waals surface area contributed by atoms with Crippen molar-refractivity contribution in [3.05, 3.63) is 30.1 Å². The molecule has 1 aromatic carbocycles. The number of aryl methyl sites for hydroxylation is 1. The highest BCUT2D eigenvalue weighted by Crippen LogP contribution is 2.14. The Hall–Kier alpha value is -1.39. The lowest BCUT2D eigenvalue weighted by atomic mass is 10.0. The van der Waals surface area contributed by atoms with Gasteiger partial charge in [-0.3, -0.25) is 0 Å². The molecule has 1 atom stereocenters. The molecule has 0 fully saturated rings. The first-order chi connectivity index (χ1) is 8.61. The number of fused-ring (bicyclic) bond motifs is 1. The second-order valence-electron chi connectivity index (χ2n) is 5.15. The average molecular weight is 246 g/mol. The van der Waals surface area contributed by atoms with Crippen molar-refractivity contribution in [2.75, 3.05) is 6.54 Å². The number of imidazole rings is 1. The van der Waals surface area contributed by atoms with Gasteiger partial charge in [0.25, 0.3) is 0 Å². The molecule has 4 nitrogen and oxygen atoms in total. The Morgan fingerprint density at radius 2 is 2.17 bits per heavy atom. The fourth-order valence-corrected chi connectivity index (χ4v) is 2.13. The normalized spacial score (nSPS) is 13.4. The first-order valence-corrected chi connectivity index (χ1v) is 6.45. The maximum absolute atomic E-state index is 5.75. The van der Waals surface area contributed by atoms with Crippen LogP contribution < -0.4 is 11.1 Å². The average Bonchev–Trinajstić information content (AvgIpc) is 2.71.